The smallest absolute Gasteiger partial charge is 0.319 e. The van der Waals surface area contributed by atoms with Gasteiger partial charge in [0.25, 0.3) is 0 Å². The molecule has 1 aromatic carbocycles. The summed E-state index contributed by atoms with van der Waals surface area (Å²) < 4.78 is 7.21. The predicted octanol–water partition coefficient (Wildman–Crippen LogP) is 0.684. The first kappa shape index (κ1) is 16.4. The molecule has 8 nitrogen and oxygen atoms in total. The quantitative estimate of drug-likeness (QED) is 0.750. The minimum atomic E-state index is -0.211. The maximum absolute atomic E-state index is 12.1. The first-order chi connectivity index (χ1) is 11.8. The number of aromatic nitrogens is 3. The van der Waals surface area contributed by atoms with Gasteiger partial charge in [-0.05, 0) is 17.7 Å². The molecule has 128 valence electrons. The number of urea groups is 1. The second-order valence-corrected chi connectivity index (χ2v) is 5.77. The van der Waals surface area contributed by atoms with Gasteiger partial charge < -0.3 is 20.7 Å². The minimum Gasteiger partial charge on any atom is -0.380 e. The van der Waals surface area contributed by atoms with Crippen LogP contribution in [0.1, 0.15) is 5.56 Å². The van der Waals surface area contributed by atoms with E-state index in [1.807, 2.05) is 24.3 Å². The van der Waals surface area contributed by atoms with Crippen LogP contribution in [0.15, 0.2) is 36.9 Å². The van der Waals surface area contributed by atoms with E-state index >= 15 is 0 Å². The Morgan fingerprint density at radius 2 is 2.42 bits per heavy atom. The lowest BCUT2D eigenvalue weighted by Gasteiger charge is -2.15. The van der Waals surface area contributed by atoms with Gasteiger partial charge in [0.05, 0.1) is 19.8 Å². The number of benzene rings is 1. The van der Waals surface area contributed by atoms with E-state index in [4.69, 9.17) is 4.74 Å². The molecule has 0 saturated carbocycles. The Labute approximate surface area is 140 Å². The standard InChI is InChI=1S/C16H22N6O2/c23-16(19-8-14-7-17-4-5-24-10-14)21-15-3-1-2-13(6-15)9-22-12-18-11-20-22/h1-3,6,11-12,14,17H,4-5,7-10H2,(H2,19,21,23). The zero-order valence-corrected chi connectivity index (χ0v) is 13.4. The van der Waals surface area contributed by atoms with Gasteiger partial charge in [-0.15, -0.1) is 0 Å². The third kappa shape index (κ3) is 5.04. The molecule has 1 saturated heterocycles. The highest BCUT2D eigenvalue weighted by molar-refractivity contribution is 5.89. The first-order valence-electron chi connectivity index (χ1n) is 8.04. The molecule has 1 aromatic heterocycles. The SMILES string of the molecule is O=C(NCC1CNCCOC1)Nc1cccc(Cn2cncn2)c1. The summed E-state index contributed by atoms with van der Waals surface area (Å²) in [5.41, 5.74) is 1.79. The van der Waals surface area contributed by atoms with Gasteiger partial charge in [0.15, 0.2) is 0 Å². The molecule has 0 bridgehead atoms. The van der Waals surface area contributed by atoms with Gasteiger partial charge in [-0.2, -0.15) is 5.10 Å². The number of hydrogen-bond acceptors (Lipinski definition) is 5. The number of nitrogens with zero attached hydrogens (tertiary/aromatic N) is 3. The number of rotatable bonds is 5. The molecule has 0 radical (unpaired) electrons. The van der Waals surface area contributed by atoms with Crippen molar-refractivity contribution in [2.24, 2.45) is 5.92 Å². The Balaban J connectivity index is 1.48. The van der Waals surface area contributed by atoms with Crippen molar-refractivity contribution in [3.8, 4) is 0 Å². The molecule has 24 heavy (non-hydrogen) atoms. The third-order valence-corrected chi connectivity index (χ3v) is 3.76. The highest BCUT2D eigenvalue weighted by Crippen LogP contribution is 2.11. The fourth-order valence-corrected chi connectivity index (χ4v) is 2.55. The van der Waals surface area contributed by atoms with Crippen molar-refractivity contribution in [2.45, 2.75) is 6.54 Å². The fraction of sp³-hybridized carbons (Fsp3) is 0.438. The number of nitrogens with one attached hydrogen (secondary N) is 3. The number of hydrogen-bond donors (Lipinski definition) is 3. The summed E-state index contributed by atoms with van der Waals surface area (Å²) in [6, 6.07) is 7.47. The summed E-state index contributed by atoms with van der Waals surface area (Å²) in [5.74, 6) is 0.289. The van der Waals surface area contributed by atoms with E-state index in [1.165, 1.54) is 6.33 Å². The van der Waals surface area contributed by atoms with Crippen LogP contribution in [0.4, 0.5) is 10.5 Å². The van der Waals surface area contributed by atoms with Gasteiger partial charge in [0.2, 0.25) is 0 Å². The van der Waals surface area contributed by atoms with E-state index in [0.717, 1.165) is 30.9 Å². The van der Waals surface area contributed by atoms with E-state index in [2.05, 4.69) is 26.0 Å². The van der Waals surface area contributed by atoms with Crippen LogP contribution in [0.5, 0.6) is 0 Å². The molecule has 3 rings (SSSR count). The summed E-state index contributed by atoms with van der Waals surface area (Å²) in [6.45, 7) is 4.30. The van der Waals surface area contributed by atoms with Crippen molar-refractivity contribution in [3.63, 3.8) is 0 Å². The molecule has 8 heteroatoms. The molecular formula is C16H22N6O2. The molecule has 1 atom stereocenters. The maximum atomic E-state index is 12.1. The van der Waals surface area contributed by atoms with Gasteiger partial charge in [0.1, 0.15) is 12.7 Å². The monoisotopic (exact) mass is 330 g/mol. The number of carbonyl (C=O) groups excluding carboxylic acids is 1. The highest BCUT2D eigenvalue weighted by atomic mass is 16.5. The van der Waals surface area contributed by atoms with Crippen LogP contribution < -0.4 is 16.0 Å². The zero-order chi connectivity index (χ0) is 16.6. The number of ether oxygens (including phenoxy) is 1. The zero-order valence-electron chi connectivity index (χ0n) is 13.4. The van der Waals surface area contributed by atoms with Crippen LogP contribution in [0, 0.1) is 5.92 Å². The third-order valence-electron chi connectivity index (χ3n) is 3.76. The number of amides is 2. The maximum Gasteiger partial charge on any atom is 0.319 e. The van der Waals surface area contributed by atoms with Crippen LogP contribution in [0.2, 0.25) is 0 Å². The highest BCUT2D eigenvalue weighted by Gasteiger charge is 2.13. The number of anilines is 1. The number of carbonyl (C=O) groups is 1. The average Bonchev–Trinajstić information content (AvgIpc) is 2.94. The molecule has 1 aliphatic heterocycles. The van der Waals surface area contributed by atoms with Crippen LogP contribution >= 0.6 is 0 Å². The summed E-state index contributed by atoms with van der Waals surface area (Å²) >= 11 is 0. The molecule has 2 heterocycles. The molecular weight excluding hydrogens is 308 g/mol. The van der Waals surface area contributed by atoms with E-state index in [-0.39, 0.29) is 11.9 Å². The van der Waals surface area contributed by atoms with Gasteiger partial charge >= 0.3 is 6.03 Å². The van der Waals surface area contributed by atoms with Gasteiger partial charge in [0, 0.05) is 31.2 Å². The first-order valence-corrected chi connectivity index (χ1v) is 8.04. The van der Waals surface area contributed by atoms with E-state index in [0.29, 0.717) is 19.7 Å². The molecule has 2 amide bonds. The van der Waals surface area contributed by atoms with Crippen LogP contribution in [0.25, 0.3) is 0 Å². The van der Waals surface area contributed by atoms with Crippen molar-refractivity contribution < 1.29 is 9.53 Å². The Morgan fingerprint density at radius 3 is 3.29 bits per heavy atom. The van der Waals surface area contributed by atoms with Gasteiger partial charge in [-0.25, -0.2) is 14.5 Å². The van der Waals surface area contributed by atoms with E-state index < -0.39 is 0 Å². The second-order valence-electron chi connectivity index (χ2n) is 5.77. The van der Waals surface area contributed by atoms with E-state index in [9.17, 15) is 4.79 Å². The lowest BCUT2D eigenvalue weighted by molar-refractivity contribution is 0.123. The van der Waals surface area contributed by atoms with Crippen molar-refractivity contribution >= 4 is 11.7 Å². The average molecular weight is 330 g/mol. The Hall–Kier alpha value is -2.45. The van der Waals surface area contributed by atoms with Crippen molar-refractivity contribution in [2.75, 3.05) is 38.2 Å². The molecule has 2 aromatic rings. The van der Waals surface area contributed by atoms with Crippen LogP contribution in [-0.4, -0.2) is 53.6 Å². The molecule has 1 fully saturated rings. The van der Waals surface area contributed by atoms with E-state index in [1.54, 1.807) is 11.0 Å². The molecule has 0 spiro atoms. The minimum absolute atomic E-state index is 0.211. The van der Waals surface area contributed by atoms with Crippen molar-refractivity contribution in [3.05, 3.63) is 42.5 Å². The van der Waals surface area contributed by atoms with Crippen LogP contribution in [-0.2, 0) is 11.3 Å². The molecule has 1 unspecified atom stereocenters. The van der Waals surface area contributed by atoms with Gasteiger partial charge in [-0.3, -0.25) is 0 Å². The molecule has 0 aliphatic carbocycles. The fourth-order valence-electron chi connectivity index (χ4n) is 2.55. The van der Waals surface area contributed by atoms with Crippen molar-refractivity contribution in [1.29, 1.82) is 0 Å². The lowest BCUT2D eigenvalue weighted by Crippen LogP contribution is -2.37. The van der Waals surface area contributed by atoms with Crippen molar-refractivity contribution in [1.82, 2.24) is 25.4 Å². The van der Waals surface area contributed by atoms with Crippen LogP contribution in [0.3, 0.4) is 0 Å². The summed E-state index contributed by atoms with van der Waals surface area (Å²) in [5, 5.41) is 13.1. The van der Waals surface area contributed by atoms with Gasteiger partial charge in [-0.1, -0.05) is 12.1 Å². The Bertz CT molecular complexity index is 638. The Morgan fingerprint density at radius 1 is 1.46 bits per heavy atom. The molecule has 3 N–H and O–H groups in total. The predicted molar refractivity (Wildman–Crippen MR) is 89.8 cm³/mol. The largest absolute Gasteiger partial charge is 0.380 e. The second kappa shape index (κ2) is 8.42. The molecule has 1 aliphatic rings. The lowest BCUT2D eigenvalue weighted by atomic mass is 10.1. The summed E-state index contributed by atoms with van der Waals surface area (Å²) in [4.78, 5) is 16.0. The Kier molecular flexibility index (Phi) is 5.75. The topological polar surface area (TPSA) is 93.1 Å². The normalized spacial score (nSPS) is 17.9. The summed E-state index contributed by atoms with van der Waals surface area (Å²) in [6.07, 6.45) is 3.16. The summed E-state index contributed by atoms with van der Waals surface area (Å²) in [7, 11) is 0.